The summed E-state index contributed by atoms with van der Waals surface area (Å²) in [4.78, 5) is 26.1. The normalized spacial score (nSPS) is 17.4. The molecule has 7 nitrogen and oxygen atoms in total. The molecule has 1 fully saturated rings. The Balaban J connectivity index is 1.56. The van der Waals surface area contributed by atoms with Gasteiger partial charge in [-0.05, 0) is 37.5 Å². The molecule has 0 radical (unpaired) electrons. The number of hydrogen-bond donors (Lipinski definition) is 1. The molecule has 1 unspecified atom stereocenters. The Hall–Kier alpha value is -3.23. The number of carbonyl (C=O) groups excluding carboxylic acids is 2. The van der Waals surface area contributed by atoms with Gasteiger partial charge in [0.05, 0.1) is 11.5 Å². The summed E-state index contributed by atoms with van der Waals surface area (Å²) in [5.41, 5.74) is 0.384. The summed E-state index contributed by atoms with van der Waals surface area (Å²) < 4.78 is 31.1. The summed E-state index contributed by atoms with van der Waals surface area (Å²) in [6.45, 7) is 3.04. The van der Waals surface area contributed by atoms with Crippen molar-refractivity contribution in [3.8, 4) is 0 Å². The van der Waals surface area contributed by atoms with Gasteiger partial charge in [0.2, 0.25) is 11.4 Å². The van der Waals surface area contributed by atoms with Gasteiger partial charge in [0.15, 0.2) is 16.4 Å². The molecule has 1 saturated heterocycles. The zero-order valence-electron chi connectivity index (χ0n) is 19.1. The first-order chi connectivity index (χ1) is 16.1. The van der Waals surface area contributed by atoms with Gasteiger partial charge in [-0.1, -0.05) is 60.7 Å². The lowest BCUT2D eigenvalue weighted by Crippen LogP contribution is -2.39. The van der Waals surface area contributed by atoms with Crippen LogP contribution in [0.15, 0.2) is 66.7 Å². The quantitative estimate of drug-likeness (QED) is 0.411. The summed E-state index contributed by atoms with van der Waals surface area (Å²) in [5, 5.41) is 11.5. The van der Waals surface area contributed by atoms with E-state index < -0.39 is 33.8 Å². The lowest BCUT2D eigenvalue weighted by Gasteiger charge is -2.27. The van der Waals surface area contributed by atoms with Gasteiger partial charge in [-0.15, -0.1) is 0 Å². The monoisotopic (exact) mass is 481 g/mol. The molecule has 178 valence electrons. The Labute approximate surface area is 198 Å². The first kappa shape index (κ1) is 23.9. The van der Waals surface area contributed by atoms with E-state index in [4.69, 9.17) is 4.74 Å². The van der Waals surface area contributed by atoms with Crippen molar-refractivity contribution in [2.75, 3.05) is 18.1 Å². The molecule has 4 rings (SSSR count). The van der Waals surface area contributed by atoms with Gasteiger partial charge in [-0.2, -0.15) is 0 Å². The van der Waals surface area contributed by atoms with Gasteiger partial charge >= 0.3 is 5.97 Å². The van der Waals surface area contributed by atoms with Crippen molar-refractivity contribution < 1.29 is 27.9 Å². The average molecular weight is 482 g/mol. The van der Waals surface area contributed by atoms with Crippen LogP contribution in [0.4, 0.5) is 0 Å². The van der Waals surface area contributed by atoms with E-state index in [-0.39, 0.29) is 17.5 Å². The van der Waals surface area contributed by atoms with Gasteiger partial charge in [0.1, 0.15) is 0 Å². The van der Waals surface area contributed by atoms with Crippen LogP contribution < -0.4 is 0 Å². The van der Waals surface area contributed by atoms with E-state index in [2.05, 4.69) is 0 Å². The third-order valence-corrected chi connectivity index (χ3v) is 8.12. The summed E-state index contributed by atoms with van der Waals surface area (Å²) in [5.74, 6) is -1.19. The van der Waals surface area contributed by atoms with Gasteiger partial charge in [0.25, 0.3) is 0 Å². The summed E-state index contributed by atoms with van der Waals surface area (Å²) >= 11 is 0. The molecule has 3 aromatic rings. The van der Waals surface area contributed by atoms with Crippen molar-refractivity contribution in [3.05, 3.63) is 94.8 Å². The molecular weight excluding hydrogens is 454 g/mol. The molecule has 1 aliphatic rings. The van der Waals surface area contributed by atoms with E-state index in [0.717, 1.165) is 5.69 Å². The largest absolute Gasteiger partial charge is 0.455 e. The lowest BCUT2D eigenvalue weighted by atomic mass is 9.86. The Kier molecular flexibility index (Phi) is 6.47. The molecule has 34 heavy (non-hydrogen) atoms. The molecule has 0 amide bonds. The molecule has 2 heterocycles. The number of carbonyl (C=O) groups is 2. The van der Waals surface area contributed by atoms with Crippen molar-refractivity contribution in [2.24, 2.45) is 0 Å². The van der Waals surface area contributed by atoms with E-state index in [0.29, 0.717) is 28.8 Å². The van der Waals surface area contributed by atoms with E-state index >= 15 is 0 Å². The SMILES string of the molecule is Cc1cc(C(=O)COC(=O)C(O)(c2ccccc2)c2ccccc2)c(C)n1C1CCS(=O)(=O)C1. The lowest BCUT2D eigenvalue weighted by molar-refractivity contribution is -0.160. The number of hydrogen-bond acceptors (Lipinski definition) is 6. The Morgan fingerprint density at radius 3 is 2.09 bits per heavy atom. The molecule has 1 aromatic heterocycles. The Morgan fingerprint density at radius 2 is 1.59 bits per heavy atom. The predicted octanol–water partition coefficient (Wildman–Crippen LogP) is 3.13. The van der Waals surface area contributed by atoms with E-state index in [1.165, 1.54) is 0 Å². The number of rotatable bonds is 7. The number of nitrogens with zero attached hydrogens (tertiary/aromatic N) is 1. The van der Waals surface area contributed by atoms with Crippen LogP contribution in [0.3, 0.4) is 0 Å². The molecule has 0 saturated carbocycles. The van der Waals surface area contributed by atoms with Crippen molar-refractivity contribution in [2.45, 2.75) is 31.9 Å². The maximum atomic E-state index is 13.1. The average Bonchev–Trinajstić information content (AvgIpc) is 3.34. The smallest absolute Gasteiger partial charge is 0.348 e. The number of aliphatic hydroxyl groups is 1. The minimum absolute atomic E-state index is 0.0488. The number of ketones is 1. The highest BCUT2D eigenvalue weighted by Gasteiger charge is 2.42. The maximum Gasteiger partial charge on any atom is 0.348 e. The highest BCUT2D eigenvalue weighted by atomic mass is 32.2. The number of esters is 1. The third-order valence-electron chi connectivity index (χ3n) is 6.37. The molecule has 1 aliphatic heterocycles. The number of aryl methyl sites for hydroxylation is 1. The predicted molar refractivity (Wildman–Crippen MR) is 127 cm³/mol. The van der Waals surface area contributed by atoms with Crippen LogP contribution in [-0.2, 0) is 25.0 Å². The molecule has 1 N–H and O–H groups in total. The number of sulfone groups is 1. The van der Waals surface area contributed by atoms with E-state index in [1.807, 2.05) is 11.5 Å². The molecule has 2 aromatic carbocycles. The van der Waals surface area contributed by atoms with Crippen LogP contribution in [0.5, 0.6) is 0 Å². The number of aromatic nitrogens is 1. The minimum atomic E-state index is -3.08. The van der Waals surface area contributed by atoms with Crippen molar-refractivity contribution >= 4 is 21.6 Å². The molecular formula is C26H27NO6S. The summed E-state index contributed by atoms with van der Waals surface area (Å²) in [7, 11) is -3.08. The van der Waals surface area contributed by atoms with Gasteiger partial charge in [0, 0.05) is 23.0 Å². The standard InChI is InChI=1S/C26H27NO6S/c1-18-15-23(19(2)27(18)22-13-14-34(31,32)17-22)24(28)16-33-25(29)26(30,20-9-5-3-6-10-20)21-11-7-4-8-12-21/h3-12,15,22,30H,13-14,16-17H2,1-2H3. The van der Waals surface area contributed by atoms with Crippen molar-refractivity contribution in [1.82, 2.24) is 4.57 Å². The van der Waals surface area contributed by atoms with Gasteiger partial charge < -0.3 is 14.4 Å². The fourth-order valence-electron chi connectivity index (χ4n) is 4.67. The number of Topliss-reactive ketones (excluding diaryl/α,β-unsaturated/α-hetero) is 1. The second-order valence-electron chi connectivity index (χ2n) is 8.65. The van der Waals surface area contributed by atoms with Crippen LogP contribution in [-0.4, -0.2) is 48.0 Å². The number of ether oxygens (including phenoxy) is 1. The molecule has 1 atom stereocenters. The van der Waals surface area contributed by atoms with Gasteiger partial charge in [-0.3, -0.25) is 4.79 Å². The third kappa shape index (κ3) is 4.43. The fraction of sp³-hybridized carbons (Fsp3) is 0.308. The second kappa shape index (κ2) is 9.19. The molecule has 0 bridgehead atoms. The van der Waals surface area contributed by atoms with Gasteiger partial charge in [-0.25, -0.2) is 13.2 Å². The van der Waals surface area contributed by atoms with Crippen molar-refractivity contribution in [3.63, 3.8) is 0 Å². The van der Waals surface area contributed by atoms with Crippen LogP contribution in [0.1, 0.15) is 45.3 Å². The molecule has 0 spiro atoms. The molecule has 0 aliphatic carbocycles. The summed E-state index contributed by atoms with van der Waals surface area (Å²) in [6.07, 6.45) is 0.502. The summed E-state index contributed by atoms with van der Waals surface area (Å²) in [6, 6.07) is 18.4. The van der Waals surface area contributed by atoms with E-state index in [1.54, 1.807) is 73.7 Å². The topological polar surface area (TPSA) is 103 Å². The van der Waals surface area contributed by atoms with Crippen LogP contribution in [0.25, 0.3) is 0 Å². The highest BCUT2D eigenvalue weighted by Crippen LogP contribution is 2.32. The highest BCUT2D eigenvalue weighted by molar-refractivity contribution is 7.91. The molecule has 8 heteroatoms. The Morgan fingerprint density at radius 1 is 1.03 bits per heavy atom. The second-order valence-corrected chi connectivity index (χ2v) is 10.9. The maximum absolute atomic E-state index is 13.1. The Bertz CT molecular complexity index is 1270. The zero-order chi connectivity index (χ0) is 24.5. The van der Waals surface area contributed by atoms with Crippen LogP contribution in [0.2, 0.25) is 0 Å². The first-order valence-corrected chi connectivity index (χ1v) is 12.9. The first-order valence-electron chi connectivity index (χ1n) is 11.1. The number of benzene rings is 2. The van der Waals surface area contributed by atoms with Crippen molar-refractivity contribution in [1.29, 1.82) is 0 Å². The zero-order valence-corrected chi connectivity index (χ0v) is 19.9. The van der Waals surface area contributed by atoms with Crippen LogP contribution >= 0.6 is 0 Å². The minimum Gasteiger partial charge on any atom is -0.455 e. The van der Waals surface area contributed by atoms with Crippen LogP contribution in [0, 0.1) is 13.8 Å². The van der Waals surface area contributed by atoms with E-state index in [9.17, 15) is 23.1 Å². The fourth-order valence-corrected chi connectivity index (χ4v) is 6.37.